The molecule has 1 aromatic heterocycles. The predicted octanol–water partition coefficient (Wildman–Crippen LogP) is 7.26. The van der Waals surface area contributed by atoms with E-state index in [1.165, 1.54) is 27.5 Å². The fourth-order valence-corrected chi connectivity index (χ4v) is 4.70. The minimum atomic E-state index is 0.580. The Balaban J connectivity index is 1.73. The molecular formula is C27H28N2O. The Hall–Kier alpha value is -2.94. The Morgan fingerprint density at radius 1 is 0.867 bits per heavy atom. The molecule has 2 heterocycles. The van der Waals surface area contributed by atoms with Gasteiger partial charge in [-0.15, -0.1) is 0 Å². The smallest absolute Gasteiger partial charge is 0.140 e. The van der Waals surface area contributed by atoms with E-state index in [9.17, 15) is 0 Å². The lowest BCUT2D eigenvalue weighted by molar-refractivity contribution is 0.482. The molecule has 5 rings (SSSR count). The van der Waals surface area contributed by atoms with Crippen LogP contribution in [0.3, 0.4) is 0 Å². The number of ether oxygens (including phenoxy) is 1. The van der Waals surface area contributed by atoms with E-state index in [2.05, 4.69) is 81.0 Å². The summed E-state index contributed by atoms with van der Waals surface area (Å²) in [5.74, 6) is 3.03. The molecule has 0 unspecified atom stereocenters. The summed E-state index contributed by atoms with van der Waals surface area (Å²) in [5, 5.41) is 3.51. The van der Waals surface area contributed by atoms with Crippen LogP contribution < -0.4 is 4.74 Å². The van der Waals surface area contributed by atoms with Gasteiger partial charge in [0.2, 0.25) is 0 Å². The lowest BCUT2D eigenvalue weighted by Gasteiger charge is -2.24. The van der Waals surface area contributed by atoms with Crippen molar-refractivity contribution in [2.24, 2.45) is 11.8 Å². The highest BCUT2D eigenvalue weighted by Gasteiger charge is 2.25. The zero-order valence-electron chi connectivity index (χ0n) is 18.4. The Kier molecular flexibility index (Phi) is 4.50. The summed E-state index contributed by atoms with van der Waals surface area (Å²) in [5.41, 5.74) is 6.82. The first kappa shape index (κ1) is 19.0. The first-order valence-corrected chi connectivity index (χ1v) is 10.9. The zero-order valence-corrected chi connectivity index (χ0v) is 18.4. The molecule has 30 heavy (non-hydrogen) atoms. The van der Waals surface area contributed by atoms with Gasteiger partial charge in [0.25, 0.3) is 0 Å². The lowest BCUT2D eigenvalue weighted by Crippen LogP contribution is -2.04. The molecule has 0 amide bonds. The minimum Gasteiger partial charge on any atom is -0.456 e. The summed E-state index contributed by atoms with van der Waals surface area (Å²) in [6.07, 6.45) is 3.77. The van der Waals surface area contributed by atoms with Gasteiger partial charge in [-0.3, -0.25) is 0 Å². The summed E-state index contributed by atoms with van der Waals surface area (Å²) in [7, 11) is 0. The molecule has 0 atom stereocenters. The highest BCUT2D eigenvalue weighted by atomic mass is 16.5. The van der Waals surface area contributed by atoms with Gasteiger partial charge < -0.3 is 4.74 Å². The molecule has 0 saturated heterocycles. The van der Waals surface area contributed by atoms with Crippen LogP contribution in [0.4, 0.5) is 0 Å². The van der Waals surface area contributed by atoms with Gasteiger partial charge in [-0.2, -0.15) is 0 Å². The van der Waals surface area contributed by atoms with Gasteiger partial charge in [0.05, 0.1) is 16.6 Å². The van der Waals surface area contributed by atoms with Crippen molar-refractivity contribution in [2.45, 2.75) is 47.5 Å². The molecule has 0 aliphatic carbocycles. The molecule has 0 saturated carbocycles. The van der Waals surface area contributed by atoms with E-state index in [1.54, 1.807) is 6.33 Å². The Labute approximate surface area is 178 Å². The van der Waals surface area contributed by atoms with Crippen molar-refractivity contribution in [3.8, 4) is 22.8 Å². The van der Waals surface area contributed by atoms with Crippen LogP contribution >= 0.6 is 0 Å². The third-order valence-electron chi connectivity index (χ3n) is 5.92. The monoisotopic (exact) mass is 396 g/mol. The number of nitrogens with zero attached hydrogens (tertiary/aromatic N) is 2. The second-order valence-corrected chi connectivity index (χ2v) is 9.44. The van der Waals surface area contributed by atoms with E-state index in [4.69, 9.17) is 4.74 Å². The molecule has 3 aromatic carbocycles. The first-order valence-electron chi connectivity index (χ1n) is 10.9. The predicted molar refractivity (Wildman–Crippen MR) is 124 cm³/mol. The van der Waals surface area contributed by atoms with E-state index in [0.717, 1.165) is 46.5 Å². The van der Waals surface area contributed by atoms with Crippen molar-refractivity contribution >= 4 is 21.7 Å². The van der Waals surface area contributed by atoms with Gasteiger partial charge in [0.15, 0.2) is 0 Å². The van der Waals surface area contributed by atoms with Crippen LogP contribution in [0.2, 0.25) is 0 Å². The fraction of sp³-hybridized carbons (Fsp3) is 0.333. The number of aryl methyl sites for hydroxylation is 1. The molecule has 4 aromatic rings. The number of hydrogen-bond acceptors (Lipinski definition) is 3. The van der Waals surface area contributed by atoms with Crippen molar-refractivity contribution in [3.05, 3.63) is 59.4 Å². The Bertz CT molecular complexity index is 1290. The Morgan fingerprint density at radius 3 is 2.40 bits per heavy atom. The quantitative estimate of drug-likeness (QED) is 0.321. The molecule has 3 nitrogen and oxygen atoms in total. The summed E-state index contributed by atoms with van der Waals surface area (Å²) in [6.45, 7) is 11.2. The van der Waals surface area contributed by atoms with Gasteiger partial charge in [-0.1, -0.05) is 45.9 Å². The highest BCUT2D eigenvalue weighted by Crippen LogP contribution is 2.48. The second kappa shape index (κ2) is 7.09. The number of fused-ring (bicyclic) bond motifs is 3. The highest BCUT2D eigenvalue weighted by molar-refractivity contribution is 6.04. The van der Waals surface area contributed by atoms with Crippen LogP contribution in [0.1, 0.15) is 44.4 Å². The number of aromatic nitrogens is 2. The largest absolute Gasteiger partial charge is 0.456 e. The maximum absolute atomic E-state index is 6.55. The summed E-state index contributed by atoms with van der Waals surface area (Å²) >= 11 is 0. The van der Waals surface area contributed by atoms with Gasteiger partial charge in [-0.25, -0.2) is 9.97 Å². The first-order chi connectivity index (χ1) is 14.4. The number of rotatable bonds is 4. The van der Waals surface area contributed by atoms with Crippen LogP contribution in [0, 0.1) is 18.8 Å². The van der Waals surface area contributed by atoms with Gasteiger partial charge in [-0.05, 0) is 71.7 Å². The van der Waals surface area contributed by atoms with Crippen LogP contribution in [0.5, 0.6) is 11.5 Å². The van der Waals surface area contributed by atoms with E-state index in [1.807, 2.05) is 0 Å². The maximum atomic E-state index is 6.55. The van der Waals surface area contributed by atoms with Crippen molar-refractivity contribution in [2.75, 3.05) is 0 Å². The number of hydrogen-bond donors (Lipinski definition) is 0. The number of benzene rings is 3. The molecule has 0 radical (unpaired) electrons. The van der Waals surface area contributed by atoms with Crippen LogP contribution in [0.25, 0.3) is 32.9 Å². The van der Waals surface area contributed by atoms with E-state index >= 15 is 0 Å². The fourth-order valence-electron chi connectivity index (χ4n) is 4.70. The molecule has 0 bridgehead atoms. The van der Waals surface area contributed by atoms with Crippen LogP contribution in [-0.4, -0.2) is 9.97 Å². The van der Waals surface area contributed by atoms with Crippen LogP contribution in [-0.2, 0) is 12.8 Å². The van der Waals surface area contributed by atoms with Crippen LogP contribution in [0.15, 0.2) is 42.7 Å². The van der Waals surface area contributed by atoms with Gasteiger partial charge in [0.1, 0.15) is 17.8 Å². The lowest BCUT2D eigenvalue weighted by atomic mass is 9.91. The van der Waals surface area contributed by atoms with Gasteiger partial charge >= 0.3 is 0 Å². The van der Waals surface area contributed by atoms with E-state index in [-0.39, 0.29) is 0 Å². The molecule has 0 N–H and O–H groups in total. The molecule has 1 aliphatic heterocycles. The summed E-state index contributed by atoms with van der Waals surface area (Å²) in [6, 6.07) is 13.4. The molecule has 1 aliphatic rings. The second-order valence-electron chi connectivity index (χ2n) is 9.44. The summed E-state index contributed by atoms with van der Waals surface area (Å²) in [4.78, 5) is 9.24. The van der Waals surface area contributed by atoms with Crippen molar-refractivity contribution < 1.29 is 4.74 Å². The maximum Gasteiger partial charge on any atom is 0.140 e. The molecule has 152 valence electrons. The summed E-state index contributed by atoms with van der Waals surface area (Å²) < 4.78 is 6.55. The van der Waals surface area contributed by atoms with Crippen molar-refractivity contribution in [1.82, 2.24) is 9.97 Å². The average Bonchev–Trinajstić information content (AvgIpc) is 2.68. The van der Waals surface area contributed by atoms with E-state index < -0.39 is 0 Å². The van der Waals surface area contributed by atoms with Gasteiger partial charge in [0, 0.05) is 11.1 Å². The Morgan fingerprint density at radius 2 is 1.63 bits per heavy atom. The minimum absolute atomic E-state index is 0.580. The molecular weight excluding hydrogens is 368 g/mol. The topological polar surface area (TPSA) is 35.0 Å². The molecule has 0 spiro atoms. The average molecular weight is 397 g/mol. The standard InChI is InChI=1S/C27H28N2O/c1-15(2)8-18-6-7-20-13-22-26-25-23(28-14-29-26)11-19(9-16(3)4)12-24(25)30-27(22)17(5)21(20)10-18/h6-7,10-16H,8-9H2,1-5H3. The van der Waals surface area contributed by atoms with Crippen molar-refractivity contribution in [3.63, 3.8) is 0 Å². The third-order valence-corrected chi connectivity index (χ3v) is 5.92. The molecule has 0 fully saturated rings. The normalized spacial score (nSPS) is 12.6. The zero-order chi connectivity index (χ0) is 21.0. The SMILES string of the molecule is Cc1c2c(cc3ccc(CC(C)C)cc13)-c1ncnc3cc(CC(C)C)cc(c13)O2. The van der Waals surface area contributed by atoms with E-state index in [0.29, 0.717) is 11.8 Å². The van der Waals surface area contributed by atoms with Crippen molar-refractivity contribution in [1.29, 1.82) is 0 Å². The molecule has 3 heteroatoms. The third kappa shape index (κ3) is 3.13.